The van der Waals surface area contributed by atoms with Crippen molar-refractivity contribution in [2.45, 2.75) is 11.1 Å². The molecule has 1 aliphatic rings. The fraction of sp³-hybridized carbons (Fsp3) is 0.200. The van der Waals surface area contributed by atoms with Gasteiger partial charge in [0.15, 0.2) is 0 Å². The quantitative estimate of drug-likeness (QED) is 0.721. The molecule has 1 heterocycles. The topological polar surface area (TPSA) is 40.5 Å². The van der Waals surface area contributed by atoms with Crippen molar-refractivity contribution in [2.24, 2.45) is 0 Å². The maximum atomic E-state index is 9.45. The Bertz CT molecular complexity index is 329. The molecular weight excluding hydrogens is 195 g/mol. The number of thioether (sulfide) groups is 1. The first-order valence-corrected chi connectivity index (χ1v) is 5.38. The Morgan fingerprint density at radius 1 is 1.21 bits per heavy atom. The third-order valence-corrected chi connectivity index (χ3v) is 3.84. The van der Waals surface area contributed by atoms with Gasteiger partial charge in [0, 0.05) is 0 Å². The second-order valence-corrected chi connectivity index (χ2v) is 4.56. The van der Waals surface area contributed by atoms with Gasteiger partial charge in [-0.05, 0) is 17.4 Å². The van der Waals surface area contributed by atoms with Gasteiger partial charge in [0.05, 0.1) is 4.65 Å². The van der Waals surface area contributed by atoms with E-state index in [1.165, 1.54) is 11.8 Å². The van der Waals surface area contributed by atoms with Crippen molar-refractivity contribution in [1.29, 1.82) is 0 Å². The van der Waals surface area contributed by atoms with Gasteiger partial charge in [0.25, 0.3) is 0 Å². The second kappa shape index (κ2) is 3.81. The van der Waals surface area contributed by atoms with E-state index in [1.807, 2.05) is 41.8 Å². The molecule has 0 spiro atoms. The molecule has 1 unspecified atom stereocenters. The highest BCUT2D eigenvalue weighted by Crippen LogP contribution is 2.45. The van der Waals surface area contributed by atoms with Crippen molar-refractivity contribution in [3.05, 3.63) is 47.4 Å². The molecule has 14 heavy (non-hydrogen) atoms. The molecule has 1 aromatic carbocycles. The van der Waals surface area contributed by atoms with Crippen LogP contribution in [0.15, 0.2) is 41.8 Å². The van der Waals surface area contributed by atoms with Crippen LogP contribution in [0.5, 0.6) is 0 Å². The zero-order valence-corrected chi connectivity index (χ0v) is 8.45. The molecule has 2 rings (SSSR count). The molecule has 2 N–H and O–H groups in total. The van der Waals surface area contributed by atoms with Crippen LogP contribution in [0, 0.1) is 0 Å². The first kappa shape index (κ1) is 9.83. The van der Waals surface area contributed by atoms with E-state index in [1.54, 1.807) is 0 Å². The predicted octanol–water partition coefficient (Wildman–Crippen LogP) is 1.54. The normalized spacial score (nSPS) is 25.3. The molecule has 0 bridgehead atoms. The summed E-state index contributed by atoms with van der Waals surface area (Å²) in [5.74, 6) is 0. The maximum Gasteiger partial charge on any atom is 0.474 e. The van der Waals surface area contributed by atoms with Crippen molar-refractivity contribution >= 4 is 18.9 Å². The summed E-state index contributed by atoms with van der Waals surface area (Å²) in [5.41, 5.74) is 0.963. The van der Waals surface area contributed by atoms with Crippen LogP contribution in [-0.2, 0) is 4.65 Å². The Labute approximate surface area is 87.8 Å². The summed E-state index contributed by atoms with van der Waals surface area (Å²) in [6, 6.07) is 9.61. The Hall–Kier alpha value is -0.705. The lowest BCUT2D eigenvalue weighted by atomic mass is 9.66. The van der Waals surface area contributed by atoms with Crippen molar-refractivity contribution in [2.75, 3.05) is 0 Å². The summed E-state index contributed by atoms with van der Waals surface area (Å²) >= 11 is 1.47. The lowest BCUT2D eigenvalue weighted by Gasteiger charge is -2.27. The SMILES string of the molecule is OB(O)C1(c2ccccc2)CC=CS1. The molecule has 1 atom stereocenters. The van der Waals surface area contributed by atoms with Crippen molar-refractivity contribution in [3.63, 3.8) is 0 Å². The van der Waals surface area contributed by atoms with Crippen LogP contribution in [0.25, 0.3) is 0 Å². The lowest BCUT2D eigenvalue weighted by molar-refractivity contribution is 0.379. The van der Waals surface area contributed by atoms with E-state index in [0.717, 1.165) is 5.56 Å². The summed E-state index contributed by atoms with van der Waals surface area (Å²) in [7, 11) is -1.33. The highest BCUT2D eigenvalue weighted by Gasteiger charge is 2.44. The van der Waals surface area contributed by atoms with Crippen LogP contribution in [0.3, 0.4) is 0 Å². The zero-order valence-electron chi connectivity index (χ0n) is 7.63. The van der Waals surface area contributed by atoms with Crippen LogP contribution in [0.4, 0.5) is 0 Å². The summed E-state index contributed by atoms with van der Waals surface area (Å²) < 4.78 is -0.596. The highest BCUT2D eigenvalue weighted by molar-refractivity contribution is 8.04. The van der Waals surface area contributed by atoms with Gasteiger partial charge in [-0.2, -0.15) is 0 Å². The molecule has 2 nitrogen and oxygen atoms in total. The molecule has 0 fully saturated rings. The van der Waals surface area contributed by atoms with E-state index in [9.17, 15) is 10.0 Å². The molecular formula is C10H11BO2S. The highest BCUT2D eigenvalue weighted by atomic mass is 32.2. The van der Waals surface area contributed by atoms with Crippen LogP contribution in [0.1, 0.15) is 12.0 Å². The van der Waals surface area contributed by atoms with Gasteiger partial charge >= 0.3 is 7.12 Å². The largest absolute Gasteiger partial charge is 0.474 e. The Kier molecular flexibility index (Phi) is 2.68. The van der Waals surface area contributed by atoms with E-state index in [4.69, 9.17) is 0 Å². The number of allylic oxidation sites excluding steroid dienone is 1. The molecule has 0 saturated carbocycles. The van der Waals surface area contributed by atoms with E-state index >= 15 is 0 Å². The fourth-order valence-electron chi connectivity index (χ4n) is 1.66. The van der Waals surface area contributed by atoms with Crippen LogP contribution in [-0.4, -0.2) is 17.2 Å². The minimum Gasteiger partial charge on any atom is -0.426 e. The summed E-state index contributed by atoms with van der Waals surface area (Å²) in [6.45, 7) is 0. The van der Waals surface area contributed by atoms with Crippen molar-refractivity contribution in [3.8, 4) is 0 Å². The number of hydrogen-bond acceptors (Lipinski definition) is 3. The molecule has 0 saturated heterocycles. The maximum absolute atomic E-state index is 9.45. The van der Waals surface area contributed by atoms with Gasteiger partial charge in [-0.25, -0.2) is 0 Å². The second-order valence-electron chi connectivity index (χ2n) is 3.32. The van der Waals surface area contributed by atoms with Gasteiger partial charge in [-0.15, -0.1) is 11.8 Å². The Balaban J connectivity index is 2.38. The van der Waals surface area contributed by atoms with Gasteiger partial charge in [-0.3, -0.25) is 0 Å². The first-order chi connectivity index (χ1) is 6.76. The molecule has 0 aromatic heterocycles. The van der Waals surface area contributed by atoms with E-state index in [2.05, 4.69) is 0 Å². The van der Waals surface area contributed by atoms with Crippen LogP contribution < -0.4 is 0 Å². The first-order valence-electron chi connectivity index (χ1n) is 4.50. The Morgan fingerprint density at radius 3 is 2.43 bits per heavy atom. The van der Waals surface area contributed by atoms with Crippen molar-refractivity contribution in [1.82, 2.24) is 0 Å². The minimum absolute atomic E-state index is 0.596. The van der Waals surface area contributed by atoms with Gasteiger partial charge in [0.1, 0.15) is 0 Å². The fourth-order valence-corrected chi connectivity index (χ4v) is 2.68. The third-order valence-electron chi connectivity index (χ3n) is 2.48. The Morgan fingerprint density at radius 2 is 1.93 bits per heavy atom. The molecule has 1 aliphatic heterocycles. The number of rotatable bonds is 2. The van der Waals surface area contributed by atoms with E-state index < -0.39 is 11.8 Å². The van der Waals surface area contributed by atoms with E-state index in [0.29, 0.717) is 6.42 Å². The van der Waals surface area contributed by atoms with Crippen LogP contribution >= 0.6 is 11.8 Å². The van der Waals surface area contributed by atoms with Gasteiger partial charge < -0.3 is 10.0 Å². The lowest BCUT2D eigenvalue weighted by Crippen LogP contribution is -2.38. The molecule has 4 heteroatoms. The summed E-state index contributed by atoms with van der Waals surface area (Å²) in [4.78, 5) is 0. The summed E-state index contributed by atoms with van der Waals surface area (Å²) in [5, 5.41) is 20.8. The summed E-state index contributed by atoms with van der Waals surface area (Å²) in [6.07, 6.45) is 2.64. The molecule has 0 amide bonds. The number of benzene rings is 1. The van der Waals surface area contributed by atoms with Gasteiger partial charge in [0.2, 0.25) is 0 Å². The molecule has 0 aliphatic carbocycles. The van der Waals surface area contributed by atoms with Gasteiger partial charge in [-0.1, -0.05) is 36.4 Å². The zero-order chi connectivity index (χ0) is 10.0. The van der Waals surface area contributed by atoms with E-state index in [-0.39, 0.29) is 0 Å². The van der Waals surface area contributed by atoms with Crippen LogP contribution in [0.2, 0.25) is 0 Å². The average molecular weight is 206 g/mol. The minimum atomic E-state index is -1.33. The average Bonchev–Trinajstić information content (AvgIpc) is 2.69. The monoisotopic (exact) mass is 206 g/mol. The molecule has 1 aromatic rings. The third kappa shape index (κ3) is 1.50. The van der Waals surface area contributed by atoms with Crippen molar-refractivity contribution < 1.29 is 10.0 Å². The smallest absolute Gasteiger partial charge is 0.426 e. The predicted molar refractivity (Wildman–Crippen MR) is 59.7 cm³/mol. The number of hydrogen-bond donors (Lipinski definition) is 2. The molecule has 0 radical (unpaired) electrons. The molecule has 72 valence electrons. The standard InChI is InChI=1S/C10H11BO2S/c12-11(13)10(7-4-8-14-10)9-5-2-1-3-6-9/h1-6,8,12-13H,7H2.